The van der Waals surface area contributed by atoms with Gasteiger partial charge in [0.25, 0.3) is 5.91 Å². The van der Waals surface area contributed by atoms with Crippen LogP contribution >= 0.6 is 0 Å². The maximum Gasteiger partial charge on any atom is 0.266 e. The lowest BCUT2D eigenvalue weighted by Crippen LogP contribution is -2.35. The van der Waals surface area contributed by atoms with Crippen LogP contribution < -0.4 is 5.32 Å². The van der Waals surface area contributed by atoms with E-state index in [9.17, 15) is 18.5 Å². The van der Waals surface area contributed by atoms with Gasteiger partial charge in [0.1, 0.15) is 11.6 Å². The van der Waals surface area contributed by atoms with Crippen LogP contribution in [-0.2, 0) is 14.8 Å². The Morgan fingerprint density at radius 2 is 1.73 bits per heavy atom. The van der Waals surface area contributed by atoms with Gasteiger partial charge in [0.2, 0.25) is 10.0 Å². The number of piperidine rings is 1. The number of benzene rings is 2. The number of rotatable bonds is 5. The molecule has 2 aromatic rings. The van der Waals surface area contributed by atoms with Crippen LogP contribution in [0.2, 0.25) is 0 Å². The van der Waals surface area contributed by atoms with E-state index >= 15 is 0 Å². The Labute approximate surface area is 177 Å². The summed E-state index contributed by atoms with van der Waals surface area (Å²) in [6, 6.07) is 13.9. The predicted molar refractivity (Wildman–Crippen MR) is 117 cm³/mol. The molecule has 2 aromatic carbocycles. The molecule has 0 aliphatic carbocycles. The number of amides is 1. The molecule has 0 bridgehead atoms. The summed E-state index contributed by atoms with van der Waals surface area (Å²) in [6.07, 6.45) is 4.27. The van der Waals surface area contributed by atoms with E-state index in [1.165, 1.54) is 22.5 Å². The molecule has 156 valence electrons. The molecule has 0 atom stereocenters. The highest BCUT2D eigenvalue weighted by molar-refractivity contribution is 7.89. The van der Waals surface area contributed by atoms with Crippen molar-refractivity contribution in [2.75, 3.05) is 18.4 Å². The summed E-state index contributed by atoms with van der Waals surface area (Å²) in [5.74, 6) is -0.579. The highest BCUT2D eigenvalue weighted by Gasteiger charge is 2.26. The second-order valence-corrected chi connectivity index (χ2v) is 9.48. The van der Waals surface area contributed by atoms with Gasteiger partial charge in [0.15, 0.2) is 0 Å². The minimum Gasteiger partial charge on any atom is -0.321 e. The Balaban J connectivity index is 1.82. The van der Waals surface area contributed by atoms with Gasteiger partial charge in [-0.3, -0.25) is 4.79 Å². The van der Waals surface area contributed by atoms with E-state index in [0.29, 0.717) is 18.8 Å². The van der Waals surface area contributed by atoms with E-state index < -0.39 is 15.9 Å². The Bertz CT molecular complexity index is 1100. The Kier molecular flexibility index (Phi) is 6.70. The Hall–Kier alpha value is -2.95. The molecule has 0 unspecified atom stereocenters. The minimum atomic E-state index is -3.60. The van der Waals surface area contributed by atoms with Gasteiger partial charge < -0.3 is 5.32 Å². The standard InChI is InChI=1S/C23H25N3O3S/c1-17-11-18(2)13-19(12-17)14-20(16-24)23(27)25-21-7-6-8-22(15-21)30(28,29)26-9-4-3-5-10-26/h6-8,11-15H,3-5,9-10H2,1-2H3,(H,25,27)/b20-14-. The second-order valence-electron chi connectivity index (χ2n) is 7.54. The van der Waals surface area contributed by atoms with Crippen LogP contribution in [0.5, 0.6) is 0 Å². The van der Waals surface area contributed by atoms with Crippen molar-refractivity contribution < 1.29 is 13.2 Å². The first-order chi connectivity index (χ1) is 14.3. The zero-order valence-corrected chi connectivity index (χ0v) is 18.0. The van der Waals surface area contributed by atoms with Crippen LogP contribution in [0.3, 0.4) is 0 Å². The maximum atomic E-state index is 12.9. The first-order valence-corrected chi connectivity index (χ1v) is 11.4. The number of carbonyl (C=O) groups is 1. The number of aryl methyl sites for hydroxylation is 2. The van der Waals surface area contributed by atoms with Crippen molar-refractivity contribution in [2.24, 2.45) is 0 Å². The summed E-state index contributed by atoms with van der Waals surface area (Å²) in [6.45, 7) is 4.92. The van der Waals surface area contributed by atoms with E-state index in [1.54, 1.807) is 12.1 Å². The van der Waals surface area contributed by atoms with Crippen molar-refractivity contribution in [3.8, 4) is 6.07 Å². The van der Waals surface area contributed by atoms with Gasteiger partial charge in [0.05, 0.1) is 4.90 Å². The summed E-state index contributed by atoms with van der Waals surface area (Å²) >= 11 is 0. The maximum absolute atomic E-state index is 12.9. The third-order valence-corrected chi connectivity index (χ3v) is 6.86. The van der Waals surface area contributed by atoms with E-state index in [2.05, 4.69) is 5.32 Å². The molecule has 3 rings (SSSR count). The smallest absolute Gasteiger partial charge is 0.266 e. The molecule has 0 radical (unpaired) electrons. The first kappa shape index (κ1) is 21.8. The average Bonchev–Trinajstić information content (AvgIpc) is 2.72. The Morgan fingerprint density at radius 1 is 1.07 bits per heavy atom. The number of anilines is 1. The summed E-state index contributed by atoms with van der Waals surface area (Å²) < 4.78 is 27.2. The quantitative estimate of drug-likeness (QED) is 0.581. The third kappa shape index (κ3) is 5.15. The highest BCUT2D eigenvalue weighted by atomic mass is 32.2. The van der Waals surface area contributed by atoms with Crippen molar-refractivity contribution in [3.05, 3.63) is 64.7 Å². The summed E-state index contributed by atoms with van der Waals surface area (Å²) in [4.78, 5) is 12.8. The van der Waals surface area contributed by atoms with E-state index in [4.69, 9.17) is 0 Å². The SMILES string of the molecule is Cc1cc(C)cc(/C=C(/C#N)C(=O)Nc2cccc(S(=O)(=O)N3CCCCC3)c2)c1. The molecule has 6 nitrogen and oxygen atoms in total. The van der Waals surface area contributed by atoms with Crippen molar-refractivity contribution in [3.63, 3.8) is 0 Å². The summed E-state index contributed by atoms with van der Waals surface area (Å²) in [5, 5.41) is 12.1. The predicted octanol–water partition coefficient (Wildman–Crippen LogP) is 4.02. The van der Waals surface area contributed by atoms with Gasteiger partial charge in [-0.1, -0.05) is 41.8 Å². The topological polar surface area (TPSA) is 90.3 Å². The number of nitrogens with zero attached hydrogens (tertiary/aromatic N) is 2. The number of hydrogen-bond donors (Lipinski definition) is 1. The molecular weight excluding hydrogens is 398 g/mol. The van der Waals surface area contributed by atoms with Crippen molar-refractivity contribution in [1.29, 1.82) is 5.26 Å². The number of nitriles is 1. The van der Waals surface area contributed by atoms with Crippen LogP contribution in [0.15, 0.2) is 52.9 Å². The van der Waals surface area contributed by atoms with E-state index in [0.717, 1.165) is 36.0 Å². The van der Waals surface area contributed by atoms with Crippen LogP contribution in [0.4, 0.5) is 5.69 Å². The number of carbonyl (C=O) groups excluding carboxylic acids is 1. The minimum absolute atomic E-state index is 0.0516. The van der Waals surface area contributed by atoms with Crippen LogP contribution in [0.25, 0.3) is 6.08 Å². The Morgan fingerprint density at radius 3 is 2.37 bits per heavy atom. The molecule has 30 heavy (non-hydrogen) atoms. The molecule has 0 spiro atoms. The molecule has 0 saturated carbocycles. The third-order valence-electron chi connectivity index (χ3n) is 4.96. The van der Waals surface area contributed by atoms with Gasteiger partial charge in [0, 0.05) is 18.8 Å². The number of nitrogens with one attached hydrogen (secondary N) is 1. The van der Waals surface area contributed by atoms with Gasteiger partial charge in [-0.15, -0.1) is 0 Å². The molecule has 1 aliphatic rings. The first-order valence-electron chi connectivity index (χ1n) is 9.91. The fourth-order valence-electron chi connectivity index (χ4n) is 3.60. The van der Waals surface area contributed by atoms with E-state index in [1.807, 2.05) is 38.1 Å². The zero-order valence-electron chi connectivity index (χ0n) is 17.2. The summed E-state index contributed by atoms with van der Waals surface area (Å²) in [7, 11) is -3.60. The lowest BCUT2D eigenvalue weighted by Gasteiger charge is -2.26. The monoisotopic (exact) mass is 423 g/mol. The van der Waals surface area contributed by atoms with Crippen LogP contribution in [0.1, 0.15) is 36.0 Å². The van der Waals surface area contributed by atoms with E-state index in [-0.39, 0.29) is 10.5 Å². The van der Waals surface area contributed by atoms with Gasteiger partial charge in [-0.05, 0) is 56.5 Å². The molecule has 0 aromatic heterocycles. The fourth-order valence-corrected chi connectivity index (χ4v) is 5.16. The largest absolute Gasteiger partial charge is 0.321 e. The number of hydrogen-bond acceptors (Lipinski definition) is 4. The van der Waals surface area contributed by atoms with Crippen molar-refractivity contribution >= 4 is 27.7 Å². The highest BCUT2D eigenvalue weighted by Crippen LogP contribution is 2.23. The average molecular weight is 424 g/mol. The van der Waals surface area contributed by atoms with Gasteiger partial charge in [-0.2, -0.15) is 9.57 Å². The molecule has 1 aliphatic heterocycles. The fraction of sp³-hybridized carbons (Fsp3) is 0.304. The van der Waals surface area contributed by atoms with Crippen LogP contribution in [0, 0.1) is 25.2 Å². The van der Waals surface area contributed by atoms with Gasteiger partial charge in [-0.25, -0.2) is 8.42 Å². The lowest BCUT2D eigenvalue weighted by molar-refractivity contribution is -0.112. The van der Waals surface area contributed by atoms with Gasteiger partial charge >= 0.3 is 0 Å². The molecule has 1 heterocycles. The molecule has 1 fully saturated rings. The molecule has 1 saturated heterocycles. The normalized spacial score (nSPS) is 15.4. The summed E-state index contributed by atoms with van der Waals surface area (Å²) in [5.41, 5.74) is 3.12. The van der Waals surface area contributed by atoms with Crippen LogP contribution in [-0.4, -0.2) is 31.7 Å². The molecule has 7 heteroatoms. The van der Waals surface area contributed by atoms with Crippen molar-refractivity contribution in [1.82, 2.24) is 4.31 Å². The molecule has 1 amide bonds. The van der Waals surface area contributed by atoms with Crippen molar-refractivity contribution in [2.45, 2.75) is 38.0 Å². The second kappa shape index (κ2) is 9.24. The molecular formula is C23H25N3O3S. The number of sulfonamides is 1. The zero-order chi connectivity index (χ0) is 21.7. The molecule has 1 N–H and O–H groups in total. The lowest BCUT2D eigenvalue weighted by atomic mass is 10.0.